The molecule has 4 rings (SSSR count). The fourth-order valence-electron chi connectivity index (χ4n) is 4.98. The van der Waals surface area contributed by atoms with Crippen LogP contribution in [0.3, 0.4) is 0 Å². The zero-order valence-electron chi connectivity index (χ0n) is 22.9. The van der Waals surface area contributed by atoms with Gasteiger partial charge in [-0.1, -0.05) is 24.3 Å². The first kappa shape index (κ1) is 29.0. The Bertz CT molecular complexity index is 1460. The first-order valence-corrected chi connectivity index (χ1v) is 14.1. The third-order valence-corrected chi connectivity index (χ3v) is 8.88. The van der Waals surface area contributed by atoms with E-state index in [1.165, 1.54) is 25.6 Å². The summed E-state index contributed by atoms with van der Waals surface area (Å²) in [5, 5.41) is 11.6. The Kier molecular flexibility index (Phi) is 9.00. The topological polar surface area (TPSA) is 121 Å². The largest absolute Gasteiger partial charge is 0.497 e. The second-order valence-electron chi connectivity index (χ2n) is 9.25. The third kappa shape index (κ3) is 5.92. The van der Waals surface area contributed by atoms with Gasteiger partial charge in [0.2, 0.25) is 0 Å². The van der Waals surface area contributed by atoms with Crippen LogP contribution in [0.25, 0.3) is 0 Å². The summed E-state index contributed by atoms with van der Waals surface area (Å²) in [5.74, 6) is 0.986. The molecule has 1 fully saturated rings. The van der Waals surface area contributed by atoms with Crippen molar-refractivity contribution in [2.75, 3.05) is 45.8 Å². The van der Waals surface area contributed by atoms with Crippen LogP contribution in [0.2, 0.25) is 0 Å². The molecule has 214 valence electrons. The van der Waals surface area contributed by atoms with Gasteiger partial charge in [-0.3, -0.25) is 19.3 Å². The van der Waals surface area contributed by atoms with Crippen molar-refractivity contribution >= 4 is 21.4 Å². The van der Waals surface area contributed by atoms with Gasteiger partial charge in [0.25, 0.3) is 10.0 Å². The highest BCUT2D eigenvalue weighted by molar-refractivity contribution is 7.93. The number of hydrogen-bond acceptors (Lipinski definition) is 9. The molecule has 0 aromatic heterocycles. The molecule has 0 atom stereocenters. The molecule has 1 heterocycles. The molecule has 0 spiro atoms. The Labute approximate surface area is 234 Å². The van der Waals surface area contributed by atoms with E-state index < -0.39 is 26.7 Å². The molecule has 11 nitrogen and oxygen atoms in total. The van der Waals surface area contributed by atoms with Crippen LogP contribution < -0.4 is 23.3 Å². The van der Waals surface area contributed by atoms with E-state index in [4.69, 9.17) is 18.9 Å². The highest BCUT2D eigenvalue weighted by atomic mass is 32.2. The summed E-state index contributed by atoms with van der Waals surface area (Å²) in [6.45, 7) is 1.98. The molecule has 1 saturated heterocycles. The fraction of sp³-hybridized carbons (Fsp3) is 0.357. The summed E-state index contributed by atoms with van der Waals surface area (Å²) in [6.07, 6.45) is 1.11. The highest BCUT2D eigenvalue weighted by Gasteiger charge is 2.37. The van der Waals surface area contributed by atoms with Gasteiger partial charge in [-0.25, -0.2) is 8.42 Å². The molecule has 0 amide bonds. The first-order valence-electron chi connectivity index (χ1n) is 12.7. The number of ether oxygens (including phenoxy) is 4. The summed E-state index contributed by atoms with van der Waals surface area (Å²) < 4.78 is 51.5. The monoisotopic (exact) mass is 571 g/mol. The number of nitro groups is 1. The molecular weight excluding hydrogens is 538 g/mol. The van der Waals surface area contributed by atoms with Crippen molar-refractivity contribution < 1.29 is 32.3 Å². The van der Waals surface area contributed by atoms with Crippen LogP contribution in [0.5, 0.6) is 23.0 Å². The number of benzene rings is 3. The highest BCUT2D eigenvalue weighted by Crippen LogP contribution is 2.41. The maximum absolute atomic E-state index is 14.4. The number of anilines is 1. The van der Waals surface area contributed by atoms with Crippen LogP contribution in [0.4, 0.5) is 11.4 Å². The molecular formula is C28H33N3O8S. The number of piperidine rings is 1. The summed E-state index contributed by atoms with van der Waals surface area (Å²) in [7, 11) is 1.41. The Hall–Kier alpha value is -4.03. The van der Waals surface area contributed by atoms with Gasteiger partial charge >= 0.3 is 5.69 Å². The average molecular weight is 572 g/mol. The number of rotatable bonds is 11. The van der Waals surface area contributed by atoms with E-state index in [-0.39, 0.29) is 16.4 Å². The van der Waals surface area contributed by atoms with Gasteiger partial charge in [0, 0.05) is 43.4 Å². The van der Waals surface area contributed by atoms with E-state index in [0.717, 1.165) is 23.4 Å². The van der Waals surface area contributed by atoms with Crippen LogP contribution in [-0.4, -0.2) is 65.8 Å². The lowest BCUT2D eigenvalue weighted by Gasteiger charge is -2.39. The van der Waals surface area contributed by atoms with E-state index >= 15 is 0 Å². The second-order valence-corrected chi connectivity index (χ2v) is 11.0. The maximum Gasteiger partial charge on any atom is 0.314 e. The standard InChI is InChI=1S/C28H33N3O8S/c1-36-23-10-7-9-22(16-23)30(21-12-14-29(15-13-21)19-20-8-5-6-11-25(20)37-2)40(34,35)28-18-26(38-3)24(31(32)33)17-27(28)39-4/h5-11,16-18,21H,12-15,19H2,1-4H3. The fourth-order valence-corrected chi connectivity index (χ4v) is 6.84. The molecule has 0 unspecified atom stereocenters. The van der Waals surface area contributed by atoms with Gasteiger partial charge in [-0.05, 0) is 31.0 Å². The van der Waals surface area contributed by atoms with E-state index in [0.29, 0.717) is 43.9 Å². The number of sulfonamides is 1. The molecule has 40 heavy (non-hydrogen) atoms. The van der Waals surface area contributed by atoms with E-state index in [1.807, 2.05) is 24.3 Å². The zero-order valence-corrected chi connectivity index (χ0v) is 23.7. The molecule has 1 aliphatic rings. The lowest BCUT2D eigenvalue weighted by Crippen LogP contribution is -2.47. The van der Waals surface area contributed by atoms with E-state index in [1.54, 1.807) is 31.4 Å². The number of methoxy groups -OCH3 is 4. The normalized spacial score (nSPS) is 14.4. The summed E-state index contributed by atoms with van der Waals surface area (Å²) in [5.41, 5.74) is 1.08. The van der Waals surface area contributed by atoms with E-state index in [9.17, 15) is 18.5 Å². The van der Waals surface area contributed by atoms with Crippen molar-refractivity contribution in [2.45, 2.75) is 30.3 Å². The molecule has 1 aliphatic heterocycles. The number of hydrogen-bond donors (Lipinski definition) is 0. The Balaban J connectivity index is 1.71. The Morgan fingerprint density at radius 3 is 2.17 bits per heavy atom. The smallest absolute Gasteiger partial charge is 0.314 e. The number of likely N-dealkylation sites (tertiary alicyclic amines) is 1. The summed E-state index contributed by atoms with van der Waals surface area (Å²) in [4.78, 5) is 13.0. The van der Waals surface area contributed by atoms with Gasteiger partial charge in [-0.2, -0.15) is 0 Å². The van der Waals surface area contributed by atoms with Gasteiger partial charge < -0.3 is 18.9 Å². The maximum atomic E-state index is 14.4. The minimum atomic E-state index is -4.27. The Morgan fingerprint density at radius 1 is 0.875 bits per heavy atom. The van der Waals surface area contributed by atoms with Crippen LogP contribution in [0.1, 0.15) is 18.4 Å². The van der Waals surface area contributed by atoms with Crippen molar-refractivity contribution in [2.24, 2.45) is 0 Å². The van der Waals surface area contributed by atoms with Crippen LogP contribution in [0, 0.1) is 10.1 Å². The molecule has 12 heteroatoms. The second kappa shape index (κ2) is 12.4. The predicted octanol–water partition coefficient (Wildman–Crippen LogP) is 4.49. The number of para-hydroxylation sites is 1. The van der Waals surface area contributed by atoms with Crippen LogP contribution in [0.15, 0.2) is 65.6 Å². The van der Waals surface area contributed by atoms with Gasteiger partial charge in [0.15, 0.2) is 5.75 Å². The van der Waals surface area contributed by atoms with E-state index in [2.05, 4.69) is 4.90 Å². The molecule has 0 radical (unpaired) electrons. The quantitative estimate of drug-likeness (QED) is 0.242. The van der Waals surface area contributed by atoms with Crippen molar-refractivity contribution in [3.63, 3.8) is 0 Å². The SMILES string of the molecule is COc1cccc(N(C2CCN(Cc3ccccc3OC)CC2)S(=O)(=O)c2cc(OC)c([N+](=O)[O-])cc2OC)c1. The van der Waals surface area contributed by atoms with Crippen molar-refractivity contribution in [1.29, 1.82) is 0 Å². The lowest BCUT2D eigenvalue weighted by molar-refractivity contribution is -0.385. The molecule has 3 aromatic carbocycles. The Morgan fingerprint density at radius 2 is 1.55 bits per heavy atom. The first-order chi connectivity index (χ1) is 19.2. The van der Waals surface area contributed by atoms with Crippen molar-refractivity contribution in [3.8, 4) is 23.0 Å². The van der Waals surface area contributed by atoms with Gasteiger partial charge in [0.05, 0.1) is 45.1 Å². The van der Waals surface area contributed by atoms with Crippen LogP contribution >= 0.6 is 0 Å². The lowest BCUT2D eigenvalue weighted by atomic mass is 10.0. The summed E-state index contributed by atoms with van der Waals surface area (Å²) in [6, 6.07) is 16.5. The molecule has 3 aromatic rings. The molecule has 0 N–H and O–H groups in total. The minimum absolute atomic E-state index is 0.144. The summed E-state index contributed by atoms with van der Waals surface area (Å²) >= 11 is 0. The van der Waals surface area contributed by atoms with Crippen LogP contribution in [-0.2, 0) is 16.6 Å². The average Bonchev–Trinajstić information content (AvgIpc) is 2.97. The number of nitro benzene ring substituents is 1. The third-order valence-electron chi connectivity index (χ3n) is 6.98. The van der Waals surface area contributed by atoms with Gasteiger partial charge in [0.1, 0.15) is 22.1 Å². The van der Waals surface area contributed by atoms with Gasteiger partial charge in [-0.15, -0.1) is 0 Å². The van der Waals surface area contributed by atoms with Crippen molar-refractivity contribution in [1.82, 2.24) is 4.90 Å². The number of nitrogens with zero attached hydrogens (tertiary/aromatic N) is 3. The molecule has 0 saturated carbocycles. The zero-order chi connectivity index (χ0) is 28.9. The van der Waals surface area contributed by atoms with Crippen molar-refractivity contribution in [3.05, 3.63) is 76.3 Å². The minimum Gasteiger partial charge on any atom is -0.497 e. The molecule has 0 bridgehead atoms. The molecule has 0 aliphatic carbocycles. The predicted molar refractivity (Wildman–Crippen MR) is 150 cm³/mol.